The van der Waals surface area contributed by atoms with E-state index >= 15 is 0 Å². The number of amides is 2. The number of carbonyl (C=O) groups excluding carboxylic acids is 2. The minimum absolute atomic E-state index is 0.0646. The van der Waals surface area contributed by atoms with E-state index in [0.717, 1.165) is 5.56 Å². The Bertz CT molecular complexity index is 961. The fourth-order valence-electron chi connectivity index (χ4n) is 2.70. The molecule has 3 aromatic rings. The molecule has 0 bridgehead atoms. The Morgan fingerprint density at radius 1 is 1.00 bits per heavy atom. The van der Waals surface area contributed by atoms with E-state index < -0.39 is 11.9 Å². The Hall–Kier alpha value is -3.74. The van der Waals surface area contributed by atoms with Crippen LogP contribution in [0.25, 0.3) is 0 Å². The van der Waals surface area contributed by atoms with Crippen molar-refractivity contribution in [3.63, 3.8) is 0 Å². The highest BCUT2D eigenvalue weighted by atomic mass is 19.1. The van der Waals surface area contributed by atoms with Crippen molar-refractivity contribution in [3.8, 4) is 11.5 Å². The smallest absolute Gasteiger partial charge is 0.240 e. The van der Waals surface area contributed by atoms with Crippen LogP contribution in [0.4, 0.5) is 4.39 Å². The van der Waals surface area contributed by atoms with Crippen LogP contribution in [-0.2, 0) is 22.4 Å². The summed E-state index contributed by atoms with van der Waals surface area (Å²) in [7, 11) is 0. The first-order valence-electron chi connectivity index (χ1n) is 9.00. The van der Waals surface area contributed by atoms with Crippen molar-refractivity contribution < 1.29 is 18.7 Å². The predicted octanol–water partition coefficient (Wildman–Crippen LogP) is 2.77. The summed E-state index contributed by atoms with van der Waals surface area (Å²) < 4.78 is 18.6. The Kier molecular flexibility index (Phi) is 6.52. The number of ether oxygens (including phenoxy) is 1. The van der Waals surface area contributed by atoms with Crippen molar-refractivity contribution in [1.29, 1.82) is 0 Å². The van der Waals surface area contributed by atoms with Crippen molar-refractivity contribution in [2.24, 2.45) is 5.73 Å². The van der Waals surface area contributed by atoms with Gasteiger partial charge in [0.15, 0.2) is 0 Å². The largest absolute Gasteiger partial charge is 0.457 e. The van der Waals surface area contributed by atoms with Gasteiger partial charge < -0.3 is 15.8 Å². The van der Waals surface area contributed by atoms with E-state index in [1.807, 2.05) is 0 Å². The predicted molar refractivity (Wildman–Crippen MR) is 106 cm³/mol. The fraction of sp³-hybridized carbons (Fsp3) is 0.136. The third kappa shape index (κ3) is 6.14. The third-order valence-electron chi connectivity index (χ3n) is 4.16. The van der Waals surface area contributed by atoms with Crippen LogP contribution in [0.5, 0.6) is 11.5 Å². The first kappa shape index (κ1) is 20.0. The van der Waals surface area contributed by atoms with Gasteiger partial charge in [0.05, 0.1) is 6.42 Å². The van der Waals surface area contributed by atoms with E-state index in [2.05, 4.69) is 10.3 Å². The molecule has 1 aromatic heterocycles. The van der Waals surface area contributed by atoms with E-state index in [4.69, 9.17) is 10.5 Å². The minimum Gasteiger partial charge on any atom is -0.457 e. The lowest BCUT2D eigenvalue weighted by Gasteiger charge is -2.16. The second-order valence-electron chi connectivity index (χ2n) is 6.42. The summed E-state index contributed by atoms with van der Waals surface area (Å²) in [5.74, 6) is -0.212. The number of aromatic nitrogens is 1. The molecule has 3 N–H and O–H groups in total. The number of benzene rings is 2. The van der Waals surface area contributed by atoms with Crippen molar-refractivity contribution in [2.75, 3.05) is 0 Å². The SMILES string of the molecule is NC(=O)C(Cc1ccc(Oc2ccc(F)cc2)cc1)NC(=O)Cc1ccccn1. The lowest BCUT2D eigenvalue weighted by Crippen LogP contribution is -2.46. The van der Waals surface area contributed by atoms with Crippen LogP contribution >= 0.6 is 0 Å². The monoisotopic (exact) mass is 393 g/mol. The normalized spacial score (nSPS) is 11.5. The zero-order valence-corrected chi connectivity index (χ0v) is 15.5. The highest BCUT2D eigenvalue weighted by molar-refractivity contribution is 5.87. The topological polar surface area (TPSA) is 94.3 Å². The summed E-state index contributed by atoms with van der Waals surface area (Å²) in [6.45, 7) is 0. The van der Waals surface area contributed by atoms with E-state index in [0.29, 0.717) is 17.2 Å². The lowest BCUT2D eigenvalue weighted by molar-refractivity contribution is -0.127. The average Bonchev–Trinajstić information content (AvgIpc) is 2.71. The summed E-state index contributed by atoms with van der Waals surface area (Å²) in [5, 5.41) is 2.65. The minimum atomic E-state index is -0.838. The Labute approximate surface area is 167 Å². The molecule has 2 aromatic carbocycles. The van der Waals surface area contributed by atoms with Gasteiger partial charge in [-0.1, -0.05) is 18.2 Å². The number of nitrogens with zero attached hydrogens (tertiary/aromatic N) is 1. The number of primary amides is 1. The molecule has 0 fully saturated rings. The molecule has 7 heteroatoms. The van der Waals surface area contributed by atoms with Crippen molar-refractivity contribution in [3.05, 3.63) is 90.0 Å². The fourth-order valence-corrected chi connectivity index (χ4v) is 2.70. The van der Waals surface area contributed by atoms with E-state index in [1.165, 1.54) is 24.3 Å². The molecule has 0 saturated carbocycles. The number of hydrogen-bond donors (Lipinski definition) is 2. The zero-order valence-electron chi connectivity index (χ0n) is 15.5. The van der Waals surface area contributed by atoms with Crippen molar-refractivity contribution in [1.82, 2.24) is 10.3 Å². The van der Waals surface area contributed by atoms with Crippen LogP contribution in [0, 0.1) is 5.82 Å². The van der Waals surface area contributed by atoms with Gasteiger partial charge in [0, 0.05) is 18.3 Å². The molecule has 0 spiro atoms. The molecule has 1 atom stereocenters. The molecule has 6 nitrogen and oxygen atoms in total. The second kappa shape index (κ2) is 9.45. The summed E-state index contributed by atoms with van der Waals surface area (Å²) in [6.07, 6.45) is 1.92. The van der Waals surface area contributed by atoms with Crippen molar-refractivity contribution >= 4 is 11.8 Å². The Balaban J connectivity index is 1.59. The molecular formula is C22H20FN3O3. The summed E-state index contributed by atoms with van der Waals surface area (Å²) in [5.41, 5.74) is 6.86. The van der Waals surface area contributed by atoms with Gasteiger partial charge in [-0.25, -0.2) is 4.39 Å². The second-order valence-corrected chi connectivity index (χ2v) is 6.42. The van der Waals surface area contributed by atoms with Crippen LogP contribution in [0.1, 0.15) is 11.3 Å². The summed E-state index contributed by atoms with van der Waals surface area (Å²) >= 11 is 0. The number of nitrogens with one attached hydrogen (secondary N) is 1. The molecule has 148 valence electrons. The zero-order chi connectivity index (χ0) is 20.6. The maximum Gasteiger partial charge on any atom is 0.240 e. The van der Waals surface area contributed by atoms with E-state index in [1.54, 1.807) is 48.7 Å². The number of pyridine rings is 1. The van der Waals surface area contributed by atoms with Crippen LogP contribution in [0.15, 0.2) is 72.9 Å². The highest BCUT2D eigenvalue weighted by Gasteiger charge is 2.19. The number of carbonyl (C=O) groups is 2. The van der Waals surface area contributed by atoms with Crippen LogP contribution in [0.3, 0.4) is 0 Å². The quantitative estimate of drug-likeness (QED) is 0.615. The van der Waals surface area contributed by atoms with Crippen LogP contribution in [0.2, 0.25) is 0 Å². The highest BCUT2D eigenvalue weighted by Crippen LogP contribution is 2.22. The summed E-state index contributed by atoms with van der Waals surface area (Å²) in [6, 6.07) is 17.1. The molecule has 2 amide bonds. The molecular weight excluding hydrogens is 373 g/mol. The van der Waals surface area contributed by atoms with Crippen molar-refractivity contribution in [2.45, 2.75) is 18.9 Å². The first-order valence-corrected chi connectivity index (χ1v) is 9.00. The van der Waals surface area contributed by atoms with Gasteiger partial charge >= 0.3 is 0 Å². The molecule has 1 unspecified atom stereocenters. The maximum absolute atomic E-state index is 13.0. The molecule has 3 rings (SSSR count). The van der Waals surface area contributed by atoms with Gasteiger partial charge in [-0.2, -0.15) is 0 Å². The molecule has 0 aliphatic rings. The van der Waals surface area contributed by atoms with Gasteiger partial charge in [-0.3, -0.25) is 14.6 Å². The van der Waals surface area contributed by atoms with E-state index in [-0.39, 0.29) is 24.6 Å². The molecule has 1 heterocycles. The lowest BCUT2D eigenvalue weighted by atomic mass is 10.0. The third-order valence-corrected chi connectivity index (χ3v) is 4.16. The Morgan fingerprint density at radius 2 is 1.66 bits per heavy atom. The number of rotatable bonds is 8. The number of halogens is 1. The maximum atomic E-state index is 13.0. The average molecular weight is 393 g/mol. The summed E-state index contributed by atoms with van der Waals surface area (Å²) in [4.78, 5) is 28.0. The van der Waals surface area contributed by atoms with E-state index in [9.17, 15) is 14.0 Å². The van der Waals surface area contributed by atoms with Crippen LogP contribution < -0.4 is 15.8 Å². The van der Waals surface area contributed by atoms with Crippen LogP contribution in [-0.4, -0.2) is 22.8 Å². The Morgan fingerprint density at radius 3 is 2.24 bits per heavy atom. The van der Waals surface area contributed by atoms with Gasteiger partial charge in [0.25, 0.3) is 0 Å². The molecule has 29 heavy (non-hydrogen) atoms. The number of hydrogen-bond acceptors (Lipinski definition) is 4. The molecule has 0 saturated heterocycles. The van der Waals surface area contributed by atoms with Gasteiger partial charge in [0.1, 0.15) is 23.4 Å². The molecule has 0 aliphatic heterocycles. The molecule has 0 radical (unpaired) electrons. The van der Waals surface area contributed by atoms with Gasteiger partial charge in [-0.15, -0.1) is 0 Å². The van der Waals surface area contributed by atoms with Gasteiger partial charge in [0.2, 0.25) is 11.8 Å². The number of nitrogens with two attached hydrogens (primary N) is 1. The van der Waals surface area contributed by atoms with Gasteiger partial charge in [-0.05, 0) is 54.1 Å². The standard InChI is InChI=1S/C22H20FN3O3/c23-16-6-10-19(11-7-16)29-18-8-4-15(5-9-18)13-20(22(24)28)26-21(27)14-17-3-1-2-12-25-17/h1-12,20H,13-14H2,(H2,24,28)(H,26,27). The molecule has 0 aliphatic carbocycles. The first-order chi connectivity index (χ1) is 14.0.